The minimum Gasteiger partial charge on any atom is -0.374 e. The molecule has 0 saturated carbocycles. The van der Waals surface area contributed by atoms with Crippen molar-refractivity contribution < 1.29 is 9.59 Å². The molecule has 3 aromatic heterocycles. The minimum atomic E-state index is -0.586. The predicted octanol–water partition coefficient (Wildman–Crippen LogP) is 5.23. The summed E-state index contributed by atoms with van der Waals surface area (Å²) in [6, 6.07) is 13.5. The van der Waals surface area contributed by atoms with E-state index in [1.54, 1.807) is 34.9 Å². The van der Waals surface area contributed by atoms with E-state index in [1.165, 1.54) is 4.90 Å². The molecule has 1 fully saturated rings. The average Bonchev–Trinajstić information content (AvgIpc) is 3.66. The van der Waals surface area contributed by atoms with Crippen LogP contribution in [0.4, 0.5) is 0 Å². The van der Waals surface area contributed by atoms with E-state index < -0.39 is 6.04 Å². The molecule has 1 aromatic carbocycles. The van der Waals surface area contributed by atoms with Crippen LogP contribution < -0.4 is 10.6 Å². The molecule has 4 aromatic rings. The van der Waals surface area contributed by atoms with Crippen LogP contribution in [0.2, 0.25) is 0 Å². The van der Waals surface area contributed by atoms with E-state index in [1.807, 2.05) is 61.8 Å². The number of thiophene rings is 1. The van der Waals surface area contributed by atoms with Crippen LogP contribution in [0.1, 0.15) is 29.7 Å². The Bertz CT molecular complexity index is 1440. The monoisotopic (exact) mass is 529 g/mol. The van der Waals surface area contributed by atoms with Crippen molar-refractivity contribution in [2.45, 2.75) is 38.9 Å². The van der Waals surface area contributed by atoms with Gasteiger partial charge in [-0.05, 0) is 37.5 Å². The number of nitrogens with zero attached hydrogens (tertiary/aromatic N) is 3. The second-order valence-corrected chi connectivity index (χ2v) is 11.0. The Hall–Kier alpha value is -3.82. The van der Waals surface area contributed by atoms with Gasteiger partial charge in [0.2, 0.25) is 5.91 Å². The summed E-state index contributed by atoms with van der Waals surface area (Å²) >= 11 is 3.21. The normalized spacial score (nSPS) is 15.8. The van der Waals surface area contributed by atoms with Crippen LogP contribution >= 0.6 is 22.7 Å². The summed E-state index contributed by atoms with van der Waals surface area (Å²) in [5.74, 6) is -0.427. The lowest BCUT2D eigenvalue weighted by molar-refractivity contribution is -0.134. The number of amides is 2. The third-order valence-corrected chi connectivity index (χ3v) is 8.41. The lowest BCUT2D eigenvalue weighted by Gasteiger charge is -2.26. The first-order valence-electron chi connectivity index (χ1n) is 12.1. The van der Waals surface area contributed by atoms with Crippen LogP contribution in [0.15, 0.2) is 85.1 Å². The fourth-order valence-corrected chi connectivity index (χ4v) is 6.19. The topological polar surface area (TPSA) is 87.2 Å². The van der Waals surface area contributed by atoms with Gasteiger partial charge in [-0.1, -0.05) is 43.0 Å². The Kier molecular flexibility index (Phi) is 7.43. The van der Waals surface area contributed by atoms with Gasteiger partial charge in [-0.2, -0.15) is 0 Å². The largest absolute Gasteiger partial charge is 0.374 e. The van der Waals surface area contributed by atoms with Gasteiger partial charge in [-0.25, -0.2) is 4.98 Å². The van der Waals surface area contributed by atoms with Gasteiger partial charge in [0.15, 0.2) is 0 Å². The number of carbonyl (C=O) groups is 2. The molecule has 0 aliphatic carbocycles. The van der Waals surface area contributed by atoms with Crippen molar-refractivity contribution in [2.24, 2.45) is 0 Å². The molecule has 2 amide bonds. The predicted molar refractivity (Wildman–Crippen MR) is 149 cm³/mol. The second-order valence-electron chi connectivity index (χ2n) is 8.68. The van der Waals surface area contributed by atoms with E-state index in [0.29, 0.717) is 37.3 Å². The number of pyridine rings is 1. The Balaban J connectivity index is 1.21. The number of likely N-dealkylation sites (tertiary alicyclic amines) is 1. The molecule has 0 bridgehead atoms. The van der Waals surface area contributed by atoms with Crippen LogP contribution in [0.5, 0.6) is 0 Å². The van der Waals surface area contributed by atoms with E-state index in [0.717, 1.165) is 30.4 Å². The molecule has 1 aliphatic rings. The Labute approximate surface area is 223 Å². The van der Waals surface area contributed by atoms with Crippen molar-refractivity contribution in [1.29, 1.82) is 0 Å². The molecule has 0 radical (unpaired) electrons. The third kappa shape index (κ3) is 5.47. The SMILES string of the molecule is C=C1CCC(C(=O)NCc2cc3cnccc3s2)N1C(=O)/C(=C\C)NCc1ncc(-c2ccccc2)s1. The molecule has 2 N–H and O–H groups in total. The van der Waals surface area contributed by atoms with Gasteiger partial charge in [0.05, 0.1) is 23.7 Å². The smallest absolute Gasteiger partial charge is 0.274 e. The molecule has 188 valence electrons. The van der Waals surface area contributed by atoms with E-state index >= 15 is 0 Å². The van der Waals surface area contributed by atoms with Crippen LogP contribution in [0.3, 0.4) is 0 Å². The van der Waals surface area contributed by atoms with Gasteiger partial charge in [0.1, 0.15) is 11.0 Å². The third-order valence-electron chi connectivity index (χ3n) is 6.25. The molecule has 37 heavy (non-hydrogen) atoms. The number of hydrogen-bond acceptors (Lipinski definition) is 7. The quantitative estimate of drug-likeness (QED) is 0.305. The molecule has 7 nitrogen and oxygen atoms in total. The van der Waals surface area contributed by atoms with Crippen LogP contribution in [0, 0.1) is 0 Å². The molecule has 4 heterocycles. The Morgan fingerprint density at radius 3 is 2.76 bits per heavy atom. The van der Waals surface area contributed by atoms with Crippen molar-refractivity contribution >= 4 is 44.6 Å². The lowest BCUT2D eigenvalue weighted by atomic mass is 10.2. The molecule has 1 saturated heterocycles. The van der Waals surface area contributed by atoms with Gasteiger partial charge in [0, 0.05) is 39.3 Å². The van der Waals surface area contributed by atoms with Crippen molar-refractivity contribution in [2.75, 3.05) is 0 Å². The summed E-state index contributed by atoms with van der Waals surface area (Å²) in [6.45, 7) is 6.70. The zero-order valence-corrected chi connectivity index (χ0v) is 22.1. The number of rotatable bonds is 8. The van der Waals surface area contributed by atoms with E-state index in [4.69, 9.17) is 0 Å². The highest BCUT2D eigenvalue weighted by Gasteiger charge is 2.37. The number of nitrogens with one attached hydrogen (secondary N) is 2. The zero-order chi connectivity index (χ0) is 25.8. The first-order chi connectivity index (χ1) is 18.0. The fraction of sp³-hybridized carbons (Fsp3) is 0.214. The van der Waals surface area contributed by atoms with Gasteiger partial charge < -0.3 is 10.6 Å². The first kappa shape index (κ1) is 24.9. The molecule has 1 unspecified atom stereocenters. The molecule has 0 spiro atoms. The highest BCUT2D eigenvalue weighted by atomic mass is 32.1. The van der Waals surface area contributed by atoms with Gasteiger partial charge in [-0.3, -0.25) is 19.5 Å². The van der Waals surface area contributed by atoms with Crippen LogP contribution in [-0.4, -0.2) is 32.7 Å². The standard InChI is InChI=1S/C28H27N5O2S2/c1-3-22(30-17-26-31-16-25(37-26)19-7-5-4-6-8-19)28(35)33-18(2)9-10-23(33)27(34)32-15-21-13-20-14-29-12-11-24(20)36-21/h3-8,11-14,16,23,30H,2,9-10,15,17H2,1H3,(H,32,34)/b22-3+. The summed E-state index contributed by atoms with van der Waals surface area (Å²) in [7, 11) is 0. The average molecular weight is 530 g/mol. The van der Waals surface area contributed by atoms with Gasteiger partial charge >= 0.3 is 0 Å². The van der Waals surface area contributed by atoms with Gasteiger partial charge in [-0.15, -0.1) is 22.7 Å². The van der Waals surface area contributed by atoms with Crippen molar-refractivity contribution in [3.05, 3.63) is 95.0 Å². The molecule has 5 rings (SSSR count). The number of hydrogen-bond donors (Lipinski definition) is 2. The first-order valence-corrected chi connectivity index (χ1v) is 13.7. The zero-order valence-electron chi connectivity index (χ0n) is 20.4. The lowest BCUT2D eigenvalue weighted by Crippen LogP contribution is -2.46. The number of thiazole rings is 1. The molecular formula is C28H27N5O2S2. The molecule has 1 aliphatic heterocycles. The number of fused-ring (bicyclic) bond motifs is 1. The highest BCUT2D eigenvalue weighted by molar-refractivity contribution is 7.19. The summed E-state index contributed by atoms with van der Waals surface area (Å²) in [6.07, 6.45) is 8.32. The van der Waals surface area contributed by atoms with Gasteiger partial charge in [0.25, 0.3) is 5.91 Å². The summed E-state index contributed by atoms with van der Waals surface area (Å²) in [5, 5.41) is 8.16. The fourth-order valence-electron chi connectivity index (χ4n) is 4.35. The second kappa shape index (κ2) is 11.1. The van der Waals surface area contributed by atoms with E-state index in [-0.39, 0.29) is 11.8 Å². The number of carbonyl (C=O) groups excluding carboxylic acids is 2. The number of benzene rings is 1. The maximum atomic E-state index is 13.5. The maximum Gasteiger partial charge on any atom is 0.274 e. The van der Waals surface area contributed by atoms with E-state index in [9.17, 15) is 9.59 Å². The van der Waals surface area contributed by atoms with Crippen molar-refractivity contribution in [3.8, 4) is 10.4 Å². The van der Waals surface area contributed by atoms with Crippen LogP contribution in [-0.2, 0) is 22.7 Å². The Morgan fingerprint density at radius 2 is 1.97 bits per heavy atom. The van der Waals surface area contributed by atoms with Crippen LogP contribution in [0.25, 0.3) is 20.5 Å². The molecule has 9 heteroatoms. The molecule has 1 atom stereocenters. The minimum absolute atomic E-state index is 0.175. The molecular weight excluding hydrogens is 502 g/mol. The highest BCUT2D eigenvalue weighted by Crippen LogP contribution is 2.29. The maximum absolute atomic E-state index is 13.5. The number of allylic oxidation sites excluding steroid dienone is 2. The summed E-state index contributed by atoms with van der Waals surface area (Å²) in [4.78, 5) is 38.9. The number of aromatic nitrogens is 2. The van der Waals surface area contributed by atoms with E-state index in [2.05, 4.69) is 27.2 Å². The van der Waals surface area contributed by atoms with Crippen molar-refractivity contribution in [1.82, 2.24) is 25.5 Å². The Morgan fingerprint density at radius 1 is 1.14 bits per heavy atom. The van der Waals surface area contributed by atoms with Crippen molar-refractivity contribution in [3.63, 3.8) is 0 Å². The summed E-state index contributed by atoms with van der Waals surface area (Å²) < 4.78 is 1.13. The summed E-state index contributed by atoms with van der Waals surface area (Å²) in [5.41, 5.74) is 2.19.